The number of anilines is 1. The first-order valence-corrected chi connectivity index (χ1v) is 8.62. The summed E-state index contributed by atoms with van der Waals surface area (Å²) in [6, 6.07) is 9.43. The number of H-pyrrole nitrogens is 1. The molecular formula is C17H20Cl2N4O. The maximum absolute atomic E-state index is 12.2. The minimum atomic E-state index is -0.263. The van der Waals surface area contributed by atoms with Gasteiger partial charge in [0.2, 0.25) is 0 Å². The van der Waals surface area contributed by atoms with E-state index >= 15 is 0 Å². The fourth-order valence-corrected chi connectivity index (χ4v) is 3.05. The lowest BCUT2D eigenvalue weighted by Gasteiger charge is -2.32. The van der Waals surface area contributed by atoms with E-state index in [1.807, 2.05) is 18.2 Å². The van der Waals surface area contributed by atoms with Crippen LogP contribution in [0.4, 0.5) is 5.69 Å². The van der Waals surface area contributed by atoms with Gasteiger partial charge in [-0.05, 0) is 30.8 Å². The summed E-state index contributed by atoms with van der Waals surface area (Å²) in [5.74, 6) is -0.263. The molecule has 2 aromatic rings. The Bertz CT molecular complexity index is 704. The quantitative estimate of drug-likeness (QED) is 0.872. The maximum Gasteiger partial charge on any atom is 0.272 e. The predicted molar refractivity (Wildman–Crippen MR) is 98.0 cm³/mol. The highest BCUT2D eigenvalue weighted by molar-refractivity contribution is 6.41. The van der Waals surface area contributed by atoms with Gasteiger partial charge in [-0.2, -0.15) is 0 Å². The van der Waals surface area contributed by atoms with E-state index in [4.69, 9.17) is 23.2 Å². The van der Waals surface area contributed by atoms with E-state index in [1.165, 1.54) is 11.6 Å². The molecule has 2 heterocycles. The van der Waals surface area contributed by atoms with Crippen molar-refractivity contribution >= 4 is 34.8 Å². The normalized spacial score (nSPS) is 16.3. The van der Waals surface area contributed by atoms with Crippen LogP contribution in [0.25, 0.3) is 0 Å². The van der Waals surface area contributed by atoms with Gasteiger partial charge in [-0.1, -0.05) is 35.3 Å². The smallest absolute Gasteiger partial charge is 0.272 e. The first-order valence-electron chi connectivity index (χ1n) is 7.86. The minimum Gasteiger partial charge on any atom is -0.340 e. The van der Waals surface area contributed by atoms with E-state index < -0.39 is 0 Å². The lowest BCUT2D eigenvalue weighted by molar-refractivity contribution is 0.102. The highest BCUT2D eigenvalue weighted by atomic mass is 35.5. The van der Waals surface area contributed by atoms with Gasteiger partial charge in [-0.15, -0.1) is 0 Å². The van der Waals surface area contributed by atoms with Crippen LogP contribution in [0.2, 0.25) is 10.2 Å². The average Bonchev–Trinajstić information content (AvgIpc) is 2.90. The summed E-state index contributed by atoms with van der Waals surface area (Å²) < 4.78 is 0. The topological polar surface area (TPSA) is 51.4 Å². The van der Waals surface area contributed by atoms with E-state index in [0.29, 0.717) is 10.7 Å². The standard InChI is InChI=1S/C17H20Cl2N4O/c1-22-5-7-23(8-6-22)11-12-3-2-4-13(9-12)20-17(24)15-10-14(18)16(19)21-15/h2-4,9-10,21H,5-8,11H2,1H3,(H,20,24). The van der Waals surface area contributed by atoms with Crippen LogP contribution in [0.1, 0.15) is 16.1 Å². The summed E-state index contributed by atoms with van der Waals surface area (Å²) in [5.41, 5.74) is 2.28. The van der Waals surface area contributed by atoms with Gasteiger partial charge in [0.1, 0.15) is 10.8 Å². The summed E-state index contributed by atoms with van der Waals surface area (Å²) in [6.07, 6.45) is 0. The number of nitrogens with one attached hydrogen (secondary N) is 2. The van der Waals surface area contributed by atoms with Crippen LogP contribution in [0.5, 0.6) is 0 Å². The fourth-order valence-electron chi connectivity index (χ4n) is 2.74. The minimum absolute atomic E-state index is 0.263. The number of amides is 1. The highest BCUT2D eigenvalue weighted by Gasteiger charge is 2.15. The molecule has 5 nitrogen and oxygen atoms in total. The van der Waals surface area contributed by atoms with Crippen LogP contribution >= 0.6 is 23.2 Å². The van der Waals surface area contributed by atoms with Crippen LogP contribution in [0, 0.1) is 0 Å². The van der Waals surface area contributed by atoms with E-state index in [0.717, 1.165) is 38.4 Å². The molecule has 2 N–H and O–H groups in total. The van der Waals surface area contributed by atoms with E-state index in [2.05, 4.69) is 33.2 Å². The van der Waals surface area contributed by atoms with Crippen LogP contribution in [-0.4, -0.2) is 53.9 Å². The molecule has 1 saturated heterocycles. The molecule has 3 rings (SSSR count). The van der Waals surface area contributed by atoms with Crippen molar-refractivity contribution < 1.29 is 4.79 Å². The van der Waals surface area contributed by atoms with Gasteiger partial charge in [0.25, 0.3) is 5.91 Å². The summed E-state index contributed by atoms with van der Waals surface area (Å²) >= 11 is 11.7. The molecule has 1 aliphatic heterocycles. The van der Waals surface area contributed by atoms with Crippen molar-refractivity contribution in [2.45, 2.75) is 6.54 Å². The second-order valence-electron chi connectivity index (χ2n) is 6.08. The zero-order chi connectivity index (χ0) is 17.1. The third-order valence-electron chi connectivity index (χ3n) is 4.16. The zero-order valence-corrected chi connectivity index (χ0v) is 15.0. The van der Waals surface area contributed by atoms with E-state index in [9.17, 15) is 4.79 Å². The molecule has 0 radical (unpaired) electrons. The molecule has 0 atom stereocenters. The first-order chi connectivity index (χ1) is 11.5. The summed E-state index contributed by atoms with van der Waals surface area (Å²) in [4.78, 5) is 19.8. The molecule has 1 amide bonds. The van der Waals surface area contributed by atoms with Gasteiger partial charge < -0.3 is 15.2 Å². The number of piperazine rings is 1. The summed E-state index contributed by atoms with van der Waals surface area (Å²) in [5, 5.41) is 3.48. The Hall–Kier alpha value is -1.53. The third-order valence-corrected chi connectivity index (χ3v) is 4.85. The number of nitrogens with zero attached hydrogens (tertiary/aromatic N) is 2. The molecule has 0 saturated carbocycles. The summed E-state index contributed by atoms with van der Waals surface area (Å²) in [6.45, 7) is 5.19. The second kappa shape index (κ2) is 7.57. The maximum atomic E-state index is 12.2. The van der Waals surface area contributed by atoms with Gasteiger partial charge in [-0.3, -0.25) is 9.69 Å². The number of carbonyl (C=O) groups excluding carboxylic acids is 1. The zero-order valence-electron chi connectivity index (χ0n) is 13.5. The molecule has 1 aliphatic rings. The number of rotatable bonds is 4. The van der Waals surface area contributed by atoms with Gasteiger partial charge >= 0.3 is 0 Å². The van der Waals surface area contributed by atoms with Crippen molar-refractivity contribution in [2.75, 3.05) is 38.5 Å². The molecule has 0 unspecified atom stereocenters. The number of benzene rings is 1. The number of carbonyl (C=O) groups is 1. The second-order valence-corrected chi connectivity index (χ2v) is 6.86. The number of aromatic amines is 1. The molecular weight excluding hydrogens is 347 g/mol. The van der Waals surface area contributed by atoms with Gasteiger partial charge in [0.05, 0.1) is 5.02 Å². The van der Waals surface area contributed by atoms with Gasteiger partial charge in [0, 0.05) is 38.4 Å². The Morgan fingerprint density at radius 3 is 2.62 bits per heavy atom. The number of hydrogen-bond donors (Lipinski definition) is 2. The average molecular weight is 367 g/mol. The Morgan fingerprint density at radius 2 is 1.96 bits per heavy atom. The molecule has 7 heteroatoms. The third kappa shape index (κ3) is 4.30. The lowest BCUT2D eigenvalue weighted by Crippen LogP contribution is -2.43. The molecule has 24 heavy (non-hydrogen) atoms. The van der Waals surface area contributed by atoms with Crippen molar-refractivity contribution in [1.29, 1.82) is 0 Å². The SMILES string of the molecule is CN1CCN(Cc2cccc(NC(=O)c3cc(Cl)c(Cl)[nH]3)c2)CC1. The largest absolute Gasteiger partial charge is 0.340 e. The molecule has 1 aromatic carbocycles. The van der Waals surface area contributed by atoms with Crippen LogP contribution in [-0.2, 0) is 6.54 Å². The Kier molecular flexibility index (Phi) is 5.46. The lowest BCUT2D eigenvalue weighted by atomic mass is 10.1. The molecule has 0 bridgehead atoms. The van der Waals surface area contributed by atoms with Crippen molar-refractivity contribution in [3.8, 4) is 0 Å². The van der Waals surface area contributed by atoms with Gasteiger partial charge in [0.15, 0.2) is 0 Å². The van der Waals surface area contributed by atoms with Crippen molar-refractivity contribution in [2.24, 2.45) is 0 Å². The highest BCUT2D eigenvalue weighted by Crippen LogP contribution is 2.22. The van der Waals surface area contributed by atoms with Crippen molar-refractivity contribution in [1.82, 2.24) is 14.8 Å². The Labute approximate surface area is 151 Å². The van der Waals surface area contributed by atoms with Gasteiger partial charge in [-0.25, -0.2) is 0 Å². The van der Waals surface area contributed by atoms with Crippen LogP contribution in [0.3, 0.4) is 0 Å². The summed E-state index contributed by atoms with van der Waals surface area (Å²) in [7, 11) is 2.15. The van der Waals surface area contributed by atoms with E-state index in [1.54, 1.807) is 0 Å². The fraction of sp³-hybridized carbons (Fsp3) is 0.353. The Balaban J connectivity index is 1.63. The number of aromatic nitrogens is 1. The van der Waals surface area contributed by atoms with E-state index in [-0.39, 0.29) is 11.1 Å². The first kappa shape index (κ1) is 17.3. The predicted octanol–water partition coefficient (Wildman–Crippen LogP) is 3.32. The number of halogens is 2. The number of likely N-dealkylation sites (N-methyl/N-ethyl adjacent to an activating group) is 1. The molecule has 0 spiro atoms. The number of hydrogen-bond acceptors (Lipinski definition) is 3. The monoisotopic (exact) mass is 366 g/mol. The van der Waals surface area contributed by atoms with Crippen LogP contribution in [0.15, 0.2) is 30.3 Å². The Morgan fingerprint density at radius 1 is 1.21 bits per heavy atom. The van der Waals surface area contributed by atoms with Crippen molar-refractivity contribution in [3.05, 3.63) is 51.8 Å². The molecule has 1 fully saturated rings. The molecule has 0 aliphatic carbocycles. The van der Waals surface area contributed by atoms with Crippen LogP contribution < -0.4 is 5.32 Å². The van der Waals surface area contributed by atoms with Crippen molar-refractivity contribution in [3.63, 3.8) is 0 Å². The molecule has 1 aromatic heterocycles. The molecule has 128 valence electrons.